The largest absolute Gasteiger partial charge is 0.419 e. The van der Waals surface area contributed by atoms with Crippen LogP contribution in [0.2, 0.25) is 0 Å². The lowest BCUT2D eigenvalue weighted by molar-refractivity contribution is -0.140. The van der Waals surface area contributed by atoms with E-state index in [4.69, 9.17) is 0 Å². The molecular formula is C18H14F6. The summed E-state index contributed by atoms with van der Waals surface area (Å²) in [4.78, 5) is 0. The first-order chi connectivity index (χ1) is 11.3. The summed E-state index contributed by atoms with van der Waals surface area (Å²) >= 11 is 0. The van der Waals surface area contributed by atoms with Crippen molar-refractivity contribution in [3.63, 3.8) is 0 Å². The Bertz CT molecular complexity index is 750. The molecule has 128 valence electrons. The molecule has 0 spiro atoms. The topological polar surface area (TPSA) is 0 Å². The lowest BCUT2D eigenvalue weighted by Crippen LogP contribution is -2.09. The lowest BCUT2D eigenvalue weighted by atomic mass is 9.92. The second kappa shape index (κ2) is 6.15. The van der Waals surface area contributed by atoms with E-state index in [9.17, 15) is 26.3 Å². The molecule has 3 rings (SSSR count). The lowest BCUT2D eigenvalue weighted by Gasteiger charge is -2.15. The Labute approximate surface area is 135 Å². The molecule has 1 fully saturated rings. The second-order valence-electron chi connectivity index (χ2n) is 6.12. The van der Waals surface area contributed by atoms with Gasteiger partial charge in [0.25, 0.3) is 0 Å². The quantitative estimate of drug-likeness (QED) is 0.571. The maximum atomic E-state index is 13.4. The van der Waals surface area contributed by atoms with E-state index in [0.717, 1.165) is 24.3 Å². The summed E-state index contributed by atoms with van der Waals surface area (Å²) in [5, 5.41) is 0. The van der Waals surface area contributed by atoms with Gasteiger partial charge in [-0.15, -0.1) is 0 Å². The van der Waals surface area contributed by atoms with E-state index < -0.39 is 29.2 Å². The molecule has 6 heteroatoms. The Balaban J connectivity index is 1.82. The van der Waals surface area contributed by atoms with Crippen LogP contribution in [0.1, 0.15) is 47.8 Å². The first-order valence-corrected chi connectivity index (χ1v) is 7.57. The third kappa shape index (κ3) is 3.28. The average molecular weight is 344 g/mol. The molecule has 0 bridgehead atoms. The molecule has 0 radical (unpaired) electrons. The van der Waals surface area contributed by atoms with Gasteiger partial charge in [0.15, 0.2) is 11.6 Å². The molecular weight excluding hydrogens is 330 g/mol. The molecule has 1 saturated carbocycles. The van der Waals surface area contributed by atoms with Crippen molar-refractivity contribution in [1.29, 1.82) is 0 Å². The van der Waals surface area contributed by atoms with Crippen LogP contribution in [0.5, 0.6) is 0 Å². The standard InChI is InChI=1S/C18H14F6/c19-15-5-3-12(8-14(15)18(22,23)24)10-1-2-11(7-10)13-4-6-16(20)17(21)9-13/h3-6,8-11H,1-2,7H2. The summed E-state index contributed by atoms with van der Waals surface area (Å²) in [6.07, 6.45) is -2.94. The number of hydrogen-bond donors (Lipinski definition) is 0. The van der Waals surface area contributed by atoms with E-state index in [2.05, 4.69) is 0 Å². The minimum Gasteiger partial charge on any atom is -0.206 e. The van der Waals surface area contributed by atoms with Crippen molar-refractivity contribution in [2.45, 2.75) is 37.3 Å². The Morgan fingerprint density at radius 2 is 1.25 bits per heavy atom. The molecule has 0 nitrogen and oxygen atoms in total. The predicted octanol–water partition coefficient (Wildman–Crippen LogP) is 6.17. The number of benzene rings is 2. The monoisotopic (exact) mass is 344 g/mol. The third-order valence-corrected chi connectivity index (χ3v) is 4.61. The highest BCUT2D eigenvalue weighted by atomic mass is 19.4. The molecule has 0 heterocycles. The number of halogens is 6. The van der Waals surface area contributed by atoms with Crippen LogP contribution in [0.4, 0.5) is 26.3 Å². The number of hydrogen-bond acceptors (Lipinski definition) is 0. The molecule has 0 aliphatic heterocycles. The van der Waals surface area contributed by atoms with Crippen molar-refractivity contribution in [2.75, 3.05) is 0 Å². The molecule has 2 unspecified atom stereocenters. The van der Waals surface area contributed by atoms with Gasteiger partial charge in [-0.25, -0.2) is 13.2 Å². The summed E-state index contributed by atoms with van der Waals surface area (Å²) in [7, 11) is 0. The smallest absolute Gasteiger partial charge is 0.206 e. The summed E-state index contributed by atoms with van der Waals surface area (Å²) in [6, 6.07) is 6.74. The van der Waals surface area contributed by atoms with Crippen molar-refractivity contribution < 1.29 is 26.3 Å². The fourth-order valence-corrected chi connectivity index (χ4v) is 3.37. The van der Waals surface area contributed by atoms with Gasteiger partial charge in [-0.05, 0) is 66.5 Å². The van der Waals surface area contributed by atoms with Crippen LogP contribution in [0.15, 0.2) is 36.4 Å². The molecule has 0 saturated heterocycles. The molecule has 0 aromatic heterocycles. The molecule has 0 N–H and O–H groups in total. The normalized spacial score (nSPS) is 21.2. The zero-order chi connectivity index (χ0) is 17.5. The number of alkyl halides is 3. The van der Waals surface area contributed by atoms with Crippen LogP contribution in [-0.2, 0) is 6.18 Å². The van der Waals surface area contributed by atoms with E-state index >= 15 is 0 Å². The van der Waals surface area contributed by atoms with Crippen LogP contribution in [-0.4, -0.2) is 0 Å². The van der Waals surface area contributed by atoms with E-state index in [0.29, 0.717) is 30.4 Å². The molecule has 0 amide bonds. The van der Waals surface area contributed by atoms with Gasteiger partial charge in [0.1, 0.15) is 5.82 Å². The third-order valence-electron chi connectivity index (χ3n) is 4.61. The van der Waals surface area contributed by atoms with Gasteiger partial charge in [-0.3, -0.25) is 0 Å². The van der Waals surface area contributed by atoms with Gasteiger partial charge in [-0.1, -0.05) is 12.1 Å². The maximum Gasteiger partial charge on any atom is 0.419 e. The van der Waals surface area contributed by atoms with Crippen molar-refractivity contribution in [1.82, 2.24) is 0 Å². The minimum atomic E-state index is -4.74. The van der Waals surface area contributed by atoms with Crippen LogP contribution in [0.3, 0.4) is 0 Å². The molecule has 2 aromatic rings. The highest BCUT2D eigenvalue weighted by Gasteiger charge is 2.35. The fourth-order valence-electron chi connectivity index (χ4n) is 3.37. The van der Waals surface area contributed by atoms with E-state index in [1.54, 1.807) is 0 Å². The van der Waals surface area contributed by atoms with Gasteiger partial charge >= 0.3 is 6.18 Å². The van der Waals surface area contributed by atoms with Crippen molar-refractivity contribution in [3.05, 3.63) is 70.5 Å². The van der Waals surface area contributed by atoms with E-state index in [1.807, 2.05) is 0 Å². The first kappa shape index (κ1) is 16.9. The Kier molecular flexibility index (Phi) is 4.32. The summed E-state index contributed by atoms with van der Waals surface area (Å²) in [6.45, 7) is 0. The highest BCUT2D eigenvalue weighted by Crippen LogP contribution is 2.45. The van der Waals surface area contributed by atoms with Crippen molar-refractivity contribution in [2.24, 2.45) is 0 Å². The Hall–Kier alpha value is -1.98. The fraction of sp³-hybridized carbons (Fsp3) is 0.333. The molecule has 1 aliphatic rings. The second-order valence-corrected chi connectivity index (χ2v) is 6.12. The van der Waals surface area contributed by atoms with Gasteiger partial charge in [-0.2, -0.15) is 13.2 Å². The van der Waals surface area contributed by atoms with Gasteiger partial charge in [0.05, 0.1) is 5.56 Å². The molecule has 2 atom stereocenters. The number of rotatable bonds is 2. The molecule has 1 aliphatic carbocycles. The Morgan fingerprint density at radius 3 is 1.79 bits per heavy atom. The highest BCUT2D eigenvalue weighted by molar-refractivity contribution is 5.32. The summed E-state index contributed by atoms with van der Waals surface area (Å²) in [5.41, 5.74) is -0.209. The van der Waals surface area contributed by atoms with Crippen molar-refractivity contribution >= 4 is 0 Å². The summed E-state index contributed by atoms with van der Waals surface area (Å²) in [5.74, 6) is -3.37. The van der Waals surface area contributed by atoms with Crippen LogP contribution in [0, 0.1) is 17.5 Å². The zero-order valence-corrected chi connectivity index (χ0v) is 12.5. The van der Waals surface area contributed by atoms with Crippen LogP contribution in [0.25, 0.3) is 0 Å². The summed E-state index contributed by atoms with van der Waals surface area (Å²) < 4.78 is 78.2. The first-order valence-electron chi connectivity index (χ1n) is 7.57. The Morgan fingerprint density at radius 1 is 0.708 bits per heavy atom. The predicted molar refractivity (Wildman–Crippen MR) is 77.1 cm³/mol. The van der Waals surface area contributed by atoms with Gasteiger partial charge < -0.3 is 0 Å². The SMILES string of the molecule is Fc1ccc(C2CCC(c3ccc(F)c(C(F)(F)F)c3)C2)cc1F. The molecule has 2 aromatic carbocycles. The van der Waals surface area contributed by atoms with Crippen LogP contribution < -0.4 is 0 Å². The molecule has 24 heavy (non-hydrogen) atoms. The van der Waals surface area contributed by atoms with Gasteiger partial charge in [0, 0.05) is 0 Å². The van der Waals surface area contributed by atoms with E-state index in [-0.39, 0.29) is 11.8 Å². The van der Waals surface area contributed by atoms with E-state index in [1.165, 1.54) is 12.1 Å². The maximum absolute atomic E-state index is 13.4. The van der Waals surface area contributed by atoms with Gasteiger partial charge in [0.2, 0.25) is 0 Å². The average Bonchev–Trinajstić information content (AvgIpc) is 2.99. The zero-order valence-electron chi connectivity index (χ0n) is 12.5. The van der Waals surface area contributed by atoms with Crippen molar-refractivity contribution in [3.8, 4) is 0 Å². The minimum absolute atomic E-state index is 0.0514. The van der Waals surface area contributed by atoms with Crippen LogP contribution >= 0.6 is 0 Å².